The highest BCUT2D eigenvalue weighted by atomic mass is 16.5. The van der Waals surface area contributed by atoms with E-state index >= 15 is 0 Å². The van der Waals surface area contributed by atoms with Gasteiger partial charge in [-0.25, -0.2) is 0 Å². The maximum Gasteiger partial charge on any atom is 0.325 e. The fourth-order valence-corrected chi connectivity index (χ4v) is 1.70. The third-order valence-electron chi connectivity index (χ3n) is 2.86. The second-order valence-electron chi connectivity index (χ2n) is 4.31. The van der Waals surface area contributed by atoms with Gasteiger partial charge >= 0.3 is 5.97 Å². The van der Waals surface area contributed by atoms with E-state index in [0.717, 1.165) is 5.56 Å². The first-order valence-electron chi connectivity index (χ1n) is 6.21. The Bertz CT molecular complexity index is 486. The molecule has 0 fully saturated rings. The summed E-state index contributed by atoms with van der Waals surface area (Å²) in [5.74, 6) is -0.0212. The summed E-state index contributed by atoms with van der Waals surface area (Å²) in [6.45, 7) is 1.42. The largest absolute Gasteiger partial charge is 0.497 e. The molecule has 0 saturated heterocycles. The lowest BCUT2D eigenvalue weighted by atomic mass is 10.1. The average Bonchev–Trinajstić information content (AvgIpc) is 2.44. The number of carbonyl (C=O) groups is 2. The van der Waals surface area contributed by atoms with E-state index in [1.807, 2.05) is 0 Å². The van der Waals surface area contributed by atoms with E-state index < -0.39 is 12.0 Å². The molecular formula is C14H19NO5. The molecular weight excluding hydrogens is 262 g/mol. The van der Waals surface area contributed by atoms with Crippen molar-refractivity contribution >= 4 is 11.9 Å². The minimum atomic E-state index is -1.06. The summed E-state index contributed by atoms with van der Waals surface area (Å²) in [5, 5.41) is 11.1. The molecule has 0 aliphatic carbocycles. The number of carboxylic acids is 1. The Hall–Kier alpha value is -2.24. The molecule has 1 rings (SSSR count). The fraction of sp³-hybridized carbons (Fsp3) is 0.429. The van der Waals surface area contributed by atoms with Crippen molar-refractivity contribution in [3.05, 3.63) is 23.8 Å². The van der Waals surface area contributed by atoms with Crippen molar-refractivity contribution in [3.8, 4) is 11.5 Å². The van der Waals surface area contributed by atoms with E-state index in [1.54, 1.807) is 32.4 Å². The fourth-order valence-electron chi connectivity index (χ4n) is 1.70. The minimum absolute atomic E-state index is 0.182. The predicted molar refractivity (Wildman–Crippen MR) is 73.1 cm³/mol. The zero-order valence-corrected chi connectivity index (χ0v) is 11.8. The minimum Gasteiger partial charge on any atom is -0.497 e. The van der Waals surface area contributed by atoms with Crippen molar-refractivity contribution in [2.75, 3.05) is 14.2 Å². The summed E-state index contributed by atoms with van der Waals surface area (Å²) in [4.78, 5) is 22.3. The maximum atomic E-state index is 11.6. The molecule has 0 heterocycles. The predicted octanol–water partition coefficient (Wildman–Crippen LogP) is 1.23. The van der Waals surface area contributed by atoms with Gasteiger partial charge in [-0.05, 0) is 37.1 Å². The van der Waals surface area contributed by atoms with Gasteiger partial charge in [0.25, 0.3) is 0 Å². The number of nitrogens with one attached hydrogen (secondary N) is 1. The van der Waals surface area contributed by atoms with Crippen LogP contribution in [0.15, 0.2) is 18.2 Å². The Morgan fingerprint density at radius 2 is 2.00 bits per heavy atom. The molecule has 6 heteroatoms. The number of hydrogen-bond donors (Lipinski definition) is 2. The number of aliphatic carboxylic acids is 1. The van der Waals surface area contributed by atoms with Gasteiger partial charge in [0.15, 0.2) is 0 Å². The van der Waals surface area contributed by atoms with Crippen LogP contribution < -0.4 is 14.8 Å². The number of ether oxygens (including phenoxy) is 2. The number of aryl methyl sites for hydroxylation is 1. The first-order valence-corrected chi connectivity index (χ1v) is 6.21. The first kappa shape index (κ1) is 15.8. The van der Waals surface area contributed by atoms with Gasteiger partial charge in [0.05, 0.1) is 14.2 Å². The number of benzene rings is 1. The Morgan fingerprint density at radius 3 is 2.55 bits per heavy atom. The van der Waals surface area contributed by atoms with Gasteiger partial charge in [-0.3, -0.25) is 9.59 Å². The van der Waals surface area contributed by atoms with Crippen molar-refractivity contribution in [2.45, 2.75) is 25.8 Å². The summed E-state index contributed by atoms with van der Waals surface area (Å²) < 4.78 is 10.3. The van der Waals surface area contributed by atoms with Crippen LogP contribution >= 0.6 is 0 Å². The molecule has 1 amide bonds. The average molecular weight is 281 g/mol. The molecule has 0 aliphatic rings. The SMILES string of the molecule is COc1ccc(OC)c(CCC(=O)N[C@H](C)C(=O)O)c1. The van der Waals surface area contributed by atoms with E-state index in [-0.39, 0.29) is 12.3 Å². The van der Waals surface area contributed by atoms with Gasteiger partial charge < -0.3 is 19.9 Å². The van der Waals surface area contributed by atoms with Gasteiger partial charge in [-0.1, -0.05) is 0 Å². The molecule has 1 atom stereocenters. The van der Waals surface area contributed by atoms with Crippen molar-refractivity contribution in [2.24, 2.45) is 0 Å². The summed E-state index contributed by atoms with van der Waals surface area (Å²) in [7, 11) is 3.12. The number of rotatable bonds is 7. The van der Waals surface area contributed by atoms with E-state index in [2.05, 4.69) is 5.32 Å². The molecule has 2 N–H and O–H groups in total. The lowest BCUT2D eigenvalue weighted by Gasteiger charge is -2.12. The van der Waals surface area contributed by atoms with Crippen LogP contribution in [0.5, 0.6) is 11.5 Å². The van der Waals surface area contributed by atoms with Crippen LogP contribution in [-0.2, 0) is 16.0 Å². The maximum absolute atomic E-state index is 11.6. The molecule has 0 radical (unpaired) electrons. The van der Waals surface area contributed by atoms with Crippen molar-refractivity contribution < 1.29 is 24.2 Å². The van der Waals surface area contributed by atoms with Crippen LogP contribution in [0.25, 0.3) is 0 Å². The van der Waals surface area contributed by atoms with E-state index in [1.165, 1.54) is 6.92 Å². The number of hydrogen-bond acceptors (Lipinski definition) is 4. The van der Waals surface area contributed by atoms with Gasteiger partial charge in [0.1, 0.15) is 17.5 Å². The molecule has 0 saturated carbocycles. The summed E-state index contributed by atoms with van der Waals surface area (Å²) in [6.07, 6.45) is 0.625. The van der Waals surface area contributed by atoms with Gasteiger partial charge in [-0.15, -0.1) is 0 Å². The smallest absolute Gasteiger partial charge is 0.325 e. The Balaban J connectivity index is 2.64. The van der Waals surface area contributed by atoms with Crippen molar-refractivity contribution in [3.63, 3.8) is 0 Å². The quantitative estimate of drug-likeness (QED) is 0.785. The van der Waals surface area contributed by atoms with Crippen LogP contribution in [-0.4, -0.2) is 37.2 Å². The molecule has 0 spiro atoms. The summed E-state index contributed by atoms with van der Waals surface area (Å²) in [6, 6.07) is 4.45. The third-order valence-corrected chi connectivity index (χ3v) is 2.86. The van der Waals surface area contributed by atoms with E-state index in [0.29, 0.717) is 17.9 Å². The summed E-state index contributed by atoms with van der Waals surface area (Å²) in [5.41, 5.74) is 0.838. The Labute approximate surface area is 117 Å². The lowest BCUT2D eigenvalue weighted by Crippen LogP contribution is -2.38. The first-order chi connectivity index (χ1) is 9.47. The highest BCUT2D eigenvalue weighted by Crippen LogP contribution is 2.25. The van der Waals surface area contributed by atoms with Crippen LogP contribution in [0.4, 0.5) is 0 Å². The molecule has 0 bridgehead atoms. The van der Waals surface area contributed by atoms with Crippen LogP contribution in [0, 0.1) is 0 Å². The van der Waals surface area contributed by atoms with Gasteiger partial charge in [0, 0.05) is 6.42 Å². The second kappa shape index (κ2) is 7.37. The highest BCUT2D eigenvalue weighted by Gasteiger charge is 2.14. The molecule has 0 aromatic heterocycles. The number of methoxy groups -OCH3 is 2. The van der Waals surface area contributed by atoms with Crippen LogP contribution in [0.1, 0.15) is 18.9 Å². The second-order valence-corrected chi connectivity index (χ2v) is 4.31. The molecule has 1 aromatic carbocycles. The Kier molecular flexibility index (Phi) is 5.83. The van der Waals surface area contributed by atoms with Crippen LogP contribution in [0.2, 0.25) is 0 Å². The van der Waals surface area contributed by atoms with Gasteiger partial charge in [0.2, 0.25) is 5.91 Å². The van der Waals surface area contributed by atoms with E-state index in [4.69, 9.17) is 14.6 Å². The molecule has 0 aliphatic heterocycles. The van der Waals surface area contributed by atoms with Crippen molar-refractivity contribution in [1.29, 1.82) is 0 Å². The molecule has 1 aromatic rings. The highest BCUT2D eigenvalue weighted by molar-refractivity contribution is 5.83. The normalized spacial score (nSPS) is 11.6. The molecule has 110 valence electrons. The molecule has 20 heavy (non-hydrogen) atoms. The monoisotopic (exact) mass is 281 g/mol. The van der Waals surface area contributed by atoms with Crippen LogP contribution in [0.3, 0.4) is 0 Å². The number of carboxylic acid groups (broad SMARTS) is 1. The number of amides is 1. The van der Waals surface area contributed by atoms with Gasteiger partial charge in [-0.2, -0.15) is 0 Å². The molecule has 6 nitrogen and oxygen atoms in total. The van der Waals surface area contributed by atoms with Crippen molar-refractivity contribution in [1.82, 2.24) is 5.32 Å². The standard InChI is InChI=1S/C14H19NO5/c1-9(14(17)18)15-13(16)7-4-10-8-11(19-2)5-6-12(10)20-3/h5-6,8-9H,4,7H2,1-3H3,(H,15,16)(H,17,18)/t9-/m1/s1. The zero-order chi connectivity index (χ0) is 15.1. The lowest BCUT2D eigenvalue weighted by molar-refractivity contribution is -0.141. The number of carbonyl (C=O) groups excluding carboxylic acids is 1. The zero-order valence-electron chi connectivity index (χ0n) is 11.8. The topological polar surface area (TPSA) is 84.9 Å². The Morgan fingerprint density at radius 1 is 1.30 bits per heavy atom. The third kappa shape index (κ3) is 4.46. The summed E-state index contributed by atoms with van der Waals surface area (Å²) >= 11 is 0. The molecule has 0 unspecified atom stereocenters. The van der Waals surface area contributed by atoms with E-state index in [9.17, 15) is 9.59 Å².